The topological polar surface area (TPSA) is 103 Å². The number of nitrogens with zero attached hydrogens (tertiary/aromatic N) is 3. The first-order chi connectivity index (χ1) is 7.74. The molecular formula is C7H12BrN5O2S2. The van der Waals surface area contributed by atoms with Gasteiger partial charge in [-0.1, -0.05) is 17.4 Å². The highest BCUT2D eigenvalue weighted by Gasteiger charge is 2.25. The summed E-state index contributed by atoms with van der Waals surface area (Å²) in [5, 5.41) is 7.18. The Morgan fingerprint density at radius 1 is 1.71 bits per heavy atom. The number of rotatable bonds is 5. The van der Waals surface area contributed by atoms with Gasteiger partial charge in [-0.25, -0.2) is 17.8 Å². The Morgan fingerprint density at radius 3 is 2.71 bits per heavy atom. The second-order valence-electron chi connectivity index (χ2n) is 3.50. The minimum atomic E-state index is -3.70. The van der Waals surface area contributed by atoms with Crippen molar-refractivity contribution in [3.8, 4) is 0 Å². The van der Waals surface area contributed by atoms with Crippen molar-refractivity contribution >= 4 is 43.2 Å². The van der Waals surface area contributed by atoms with Crippen LogP contribution < -0.4 is 10.5 Å². The minimum absolute atomic E-state index is 0.0349. The molecule has 3 N–H and O–H groups in total. The zero-order valence-corrected chi connectivity index (χ0v) is 12.4. The van der Waals surface area contributed by atoms with E-state index in [1.807, 2.05) is 0 Å². The minimum Gasteiger partial charge on any atom is -0.393 e. The number of hydrogen-bond acceptors (Lipinski definition) is 5. The van der Waals surface area contributed by atoms with E-state index in [1.54, 1.807) is 6.92 Å². The summed E-state index contributed by atoms with van der Waals surface area (Å²) in [5.41, 5.74) is 5.35. The molecular weight excluding hydrogens is 330 g/mol. The molecule has 0 aliphatic carbocycles. The van der Waals surface area contributed by atoms with Gasteiger partial charge in [-0.05, 0) is 22.9 Å². The third kappa shape index (κ3) is 3.69. The van der Waals surface area contributed by atoms with Crippen LogP contribution in [0.2, 0.25) is 0 Å². The van der Waals surface area contributed by atoms with E-state index in [1.165, 1.54) is 11.7 Å². The second-order valence-corrected chi connectivity index (χ2v) is 6.41. The van der Waals surface area contributed by atoms with Gasteiger partial charge in [-0.2, -0.15) is 0 Å². The highest BCUT2D eigenvalue weighted by Crippen LogP contribution is 2.18. The quantitative estimate of drug-likeness (QED) is 0.726. The van der Waals surface area contributed by atoms with Gasteiger partial charge >= 0.3 is 0 Å². The van der Waals surface area contributed by atoms with Crippen LogP contribution in [0.25, 0.3) is 0 Å². The van der Waals surface area contributed by atoms with Crippen molar-refractivity contribution in [1.29, 1.82) is 0 Å². The Kier molecular flexibility index (Phi) is 4.58. The van der Waals surface area contributed by atoms with Gasteiger partial charge < -0.3 is 5.73 Å². The first kappa shape index (κ1) is 14.5. The van der Waals surface area contributed by atoms with Gasteiger partial charge in [0.15, 0.2) is 4.60 Å². The van der Waals surface area contributed by atoms with Gasteiger partial charge in [0.05, 0.1) is 4.99 Å². The maximum atomic E-state index is 12.0. The van der Waals surface area contributed by atoms with Crippen LogP contribution in [0.1, 0.15) is 13.3 Å². The highest BCUT2D eigenvalue weighted by molar-refractivity contribution is 9.10. The highest BCUT2D eigenvalue weighted by atomic mass is 79.9. The Hall–Kier alpha value is -0.580. The van der Waals surface area contributed by atoms with Crippen LogP contribution in [-0.4, -0.2) is 34.4 Å². The lowest BCUT2D eigenvalue weighted by Crippen LogP contribution is -2.36. The number of hydrogen-bond donors (Lipinski definition) is 2. The molecule has 1 aromatic rings. The predicted molar refractivity (Wildman–Crippen MR) is 69.9 cm³/mol. The number of aryl methyl sites for hydroxylation is 1. The Balaban J connectivity index is 2.94. The summed E-state index contributed by atoms with van der Waals surface area (Å²) in [4.78, 5) is 0.252. The van der Waals surface area contributed by atoms with Crippen molar-refractivity contribution in [3.63, 3.8) is 0 Å². The molecule has 0 aliphatic heterocycles. The number of halogens is 1. The van der Waals surface area contributed by atoms with Crippen molar-refractivity contribution in [2.24, 2.45) is 12.8 Å². The monoisotopic (exact) mass is 341 g/mol. The van der Waals surface area contributed by atoms with Crippen LogP contribution in [-0.2, 0) is 17.1 Å². The second kappa shape index (κ2) is 5.38. The molecule has 7 nitrogen and oxygen atoms in total. The van der Waals surface area contributed by atoms with E-state index < -0.39 is 10.0 Å². The molecule has 1 rings (SSSR count). The summed E-state index contributed by atoms with van der Waals surface area (Å²) in [6.07, 6.45) is 0.289. The fraction of sp³-hybridized carbons (Fsp3) is 0.571. The summed E-state index contributed by atoms with van der Waals surface area (Å²) in [6.45, 7) is 1.68. The molecule has 0 aliphatic rings. The SMILES string of the molecule is CC(CC(N)=S)NS(=O)(=O)c1c(Br)nnn1C. The summed E-state index contributed by atoms with van der Waals surface area (Å²) < 4.78 is 27.8. The van der Waals surface area contributed by atoms with Crippen molar-refractivity contribution in [3.05, 3.63) is 4.60 Å². The molecule has 17 heavy (non-hydrogen) atoms. The summed E-state index contributed by atoms with van der Waals surface area (Å²) in [5.74, 6) is 0. The van der Waals surface area contributed by atoms with Crippen molar-refractivity contribution in [2.45, 2.75) is 24.4 Å². The summed E-state index contributed by atoms with van der Waals surface area (Å²) in [6, 6.07) is -0.390. The number of thiocarbonyl (C=S) groups is 1. The molecule has 1 aromatic heterocycles. The molecule has 10 heteroatoms. The molecule has 1 heterocycles. The fourth-order valence-corrected chi connectivity index (χ4v) is 3.86. The van der Waals surface area contributed by atoms with Gasteiger partial charge in [-0.15, -0.1) is 5.10 Å². The summed E-state index contributed by atoms with van der Waals surface area (Å²) >= 11 is 7.75. The lowest BCUT2D eigenvalue weighted by molar-refractivity contribution is 0.546. The standard InChI is InChI=1S/C7H12BrN5O2S2/c1-4(3-5(9)16)11-17(14,15)7-6(8)10-12-13(7)2/h4,11H,3H2,1-2H3,(H2,9,16). The Labute approximate surface area is 113 Å². The van der Waals surface area contributed by atoms with Crippen LogP contribution in [0.15, 0.2) is 9.63 Å². The molecule has 0 radical (unpaired) electrons. The molecule has 96 valence electrons. The molecule has 0 spiro atoms. The maximum absolute atomic E-state index is 12.0. The largest absolute Gasteiger partial charge is 0.393 e. The van der Waals surface area contributed by atoms with Gasteiger partial charge in [-0.3, -0.25) is 0 Å². The van der Waals surface area contributed by atoms with Crippen LogP contribution in [0.3, 0.4) is 0 Å². The number of aromatic nitrogens is 3. The van der Waals surface area contributed by atoms with Gasteiger partial charge in [0.1, 0.15) is 0 Å². The average Bonchev–Trinajstić information content (AvgIpc) is 2.43. The third-order valence-corrected chi connectivity index (χ3v) is 4.50. The normalized spacial score (nSPS) is 13.6. The molecule has 0 saturated heterocycles. The van der Waals surface area contributed by atoms with E-state index in [2.05, 4.69) is 31.0 Å². The maximum Gasteiger partial charge on any atom is 0.260 e. The van der Waals surface area contributed by atoms with Crippen LogP contribution in [0, 0.1) is 0 Å². The van der Waals surface area contributed by atoms with E-state index in [-0.39, 0.29) is 27.1 Å². The van der Waals surface area contributed by atoms with Crippen molar-refractivity contribution in [1.82, 2.24) is 19.7 Å². The Bertz CT molecular complexity index is 507. The molecule has 0 saturated carbocycles. The zero-order valence-electron chi connectivity index (χ0n) is 9.21. The van der Waals surface area contributed by atoms with Crippen LogP contribution in [0.4, 0.5) is 0 Å². The lowest BCUT2D eigenvalue weighted by Gasteiger charge is -2.13. The van der Waals surface area contributed by atoms with E-state index in [9.17, 15) is 8.42 Å². The van der Waals surface area contributed by atoms with E-state index in [4.69, 9.17) is 18.0 Å². The number of nitrogens with one attached hydrogen (secondary N) is 1. The molecule has 0 aromatic carbocycles. The molecule has 0 fully saturated rings. The fourth-order valence-electron chi connectivity index (χ4n) is 1.27. The molecule has 1 unspecified atom stereocenters. The number of sulfonamides is 1. The number of nitrogens with two attached hydrogens (primary N) is 1. The van der Waals surface area contributed by atoms with E-state index in [0.29, 0.717) is 0 Å². The molecule has 0 amide bonds. The summed E-state index contributed by atoms with van der Waals surface area (Å²) in [7, 11) is -2.21. The first-order valence-corrected chi connectivity index (χ1v) is 7.28. The third-order valence-electron chi connectivity index (χ3n) is 1.86. The van der Waals surface area contributed by atoms with Gasteiger partial charge in [0, 0.05) is 19.5 Å². The Morgan fingerprint density at radius 2 is 2.29 bits per heavy atom. The smallest absolute Gasteiger partial charge is 0.260 e. The molecule has 0 bridgehead atoms. The van der Waals surface area contributed by atoms with Crippen molar-refractivity contribution < 1.29 is 8.42 Å². The van der Waals surface area contributed by atoms with E-state index >= 15 is 0 Å². The van der Waals surface area contributed by atoms with Gasteiger partial charge in [0.2, 0.25) is 5.03 Å². The van der Waals surface area contributed by atoms with Crippen LogP contribution in [0.5, 0.6) is 0 Å². The predicted octanol–water partition coefficient (Wildman–Crippen LogP) is -0.0794. The van der Waals surface area contributed by atoms with E-state index in [0.717, 1.165) is 0 Å². The van der Waals surface area contributed by atoms with Crippen LogP contribution >= 0.6 is 28.1 Å². The van der Waals surface area contributed by atoms with Crippen molar-refractivity contribution in [2.75, 3.05) is 0 Å². The average molecular weight is 342 g/mol. The first-order valence-electron chi connectivity index (χ1n) is 4.60. The molecule has 1 atom stereocenters. The zero-order chi connectivity index (χ0) is 13.2. The van der Waals surface area contributed by atoms with Gasteiger partial charge in [0.25, 0.3) is 10.0 Å². The lowest BCUT2D eigenvalue weighted by atomic mass is 10.3.